The molecule has 0 fully saturated rings. The highest BCUT2D eigenvalue weighted by molar-refractivity contribution is 5.84. The van der Waals surface area contributed by atoms with Gasteiger partial charge in [0, 0.05) is 11.1 Å². The van der Waals surface area contributed by atoms with Gasteiger partial charge in [-0.2, -0.15) is 0 Å². The first-order valence-electron chi connectivity index (χ1n) is 4.27. The highest BCUT2D eigenvalue weighted by Gasteiger charge is 1.99. The number of hydrogen-bond acceptors (Lipinski definition) is 2. The normalized spacial score (nSPS) is 10.6. The molecule has 66 valence electrons. The molecule has 0 bridgehead atoms. The molecule has 1 aromatic heterocycles. The summed E-state index contributed by atoms with van der Waals surface area (Å²) >= 11 is 0. The molecule has 13 heavy (non-hydrogen) atoms. The first-order chi connectivity index (χ1) is 6.31. The monoisotopic (exact) mass is 173 g/mol. The van der Waals surface area contributed by atoms with E-state index in [1.165, 1.54) is 0 Å². The average molecular weight is 173 g/mol. The molecule has 0 radical (unpaired) electrons. The lowest BCUT2D eigenvalue weighted by atomic mass is 10.1. The first kappa shape index (κ1) is 8.20. The Hall–Kier alpha value is -1.41. The quantitative estimate of drug-likeness (QED) is 0.715. The lowest BCUT2D eigenvalue weighted by Crippen LogP contribution is -1.92. The molecular weight excluding hydrogens is 162 g/mol. The lowest BCUT2D eigenvalue weighted by Gasteiger charge is -2.03. The maximum atomic E-state index is 8.96. The molecule has 1 heterocycles. The summed E-state index contributed by atoms with van der Waals surface area (Å²) < 4.78 is 0. The van der Waals surface area contributed by atoms with Gasteiger partial charge in [0.1, 0.15) is 0 Å². The minimum atomic E-state index is 0.00563. The van der Waals surface area contributed by atoms with E-state index < -0.39 is 0 Å². The van der Waals surface area contributed by atoms with Crippen LogP contribution < -0.4 is 0 Å². The van der Waals surface area contributed by atoms with E-state index in [4.69, 9.17) is 5.11 Å². The third kappa shape index (κ3) is 1.40. The zero-order valence-corrected chi connectivity index (χ0v) is 7.49. The predicted molar refractivity (Wildman–Crippen MR) is 52.4 cm³/mol. The molecule has 0 atom stereocenters. The minimum Gasteiger partial charge on any atom is -0.390 e. The number of nitrogens with zero attached hydrogens (tertiary/aromatic N) is 1. The fourth-order valence-corrected chi connectivity index (χ4v) is 1.52. The van der Waals surface area contributed by atoms with E-state index in [-0.39, 0.29) is 6.61 Å². The van der Waals surface area contributed by atoms with Gasteiger partial charge < -0.3 is 5.11 Å². The Balaban J connectivity index is 2.77. The van der Waals surface area contributed by atoms with Crippen molar-refractivity contribution >= 4 is 10.8 Å². The van der Waals surface area contributed by atoms with Gasteiger partial charge in [0.2, 0.25) is 0 Å². The number of benzene rings is 1. The molecule has 2 nitrogen and oxygen atoms in total. The Kier molecular flexibility index (Phi) is 1.99. The third-order valence-corrected chi connectivity index (χ3v) is 2.15. The van der Waals surface area contributed by atoms with Crippen LogP contribution in [0.2, 0.25) is 0 Å². The van der Waals surface area contributed by atoms with Gasteiger partial charge in [-0.05, 0) is 18.4 Å². The second-order valence-corrected chi connectivity index (χ2v) is 3.08. The van der Waals surface area contributed by atoms with Gasteiger partial charge in [0.25, 0.3) is 0 Å². The van der Waals surface area contributed by atoms with Crippen LogP contribution in [0.5, 0.6) is 0 Å². The summed E-state index contributed by atoms with van der Waals surface area (Å²) in [6.45, 7) is 1.97. The van der Waals surface area contributed by atoms with Crippen molar-refractivity contribution < 1.29 is 5.11 Å². The lowest BCUT2D eigenvalue weighted by molar-refractivity contribution is 0.277. The molecule has 0 aliphatic heterocycles. The van der Waals surface area contributed by atoms with Gasteiger partial charge in [-0.25, -0.2) is 0 Å². The van der Waals surface area contributed by atoms with E-state index in [1.807, 2.05) is 37.3 Å². The van der Waals surface area contributed by atoms with Crippen LogP contribution >= 0.6 is 0 Å². The summed E-state index contributed by atoms with van der Waals surface area (Å²) in [5.74, 6) is 0. The van der Waals surface area contributed by atoms with Crippen molar-refractivity contribution in [1.82, 2.24) is 4.98 Å². The smallest absolute Gasteiger partial charge is 0.0853 e. The second-order valence-electron chi connectivity index (χ2n) is 3.08. The third-order valence-electron chi connectivity index (χ3n) is 2.15. The van der Waals surface area contributed by atoms with E-state index >= 15 is 0 Å². The summed E-state index contributed by atoms with van der Waals surface area (Å²) in [7, 11) is 0. The van der Waals surface area contributed by atoms with Gasteiger partial charge >= 0.3 is 0 Å². The number of fused-ring (bicyclic) bond motifs is 1. The Morgan fingerprint density at radius 1 is 1.31 bits per heavy atom. The first-order valence-corrected chi connectivity index (χ1v) is 4.27. The van der Waals surface area contributed by atoms with Crippen LogP contribution in [-0.2, 0) is 6.61 Å². The predicted octanol–water partition coefficient (Wildman–Crippen LogP) is 2.04. The number of pyridine rings is 1. The van der Waals surface area contributed by atoms with Crippen molar-refractivity contribution in [3.05, 3.63) is 41.7 Å². The number of hydrogen-bond donors (Lipinski definition) is 1. The van der Waals surface area contributed by atoms with E-state index in [9.17, 15) is 0 Å². The number of rotatable bonds is 1. The number of aliphatic hydroxyl groups excluding tert-OH is 1. The number of aliphatic hydroxyl groups is 1. The SMILES string of the molecule is Cc1nc(CO)cc2ccccc12. The van der Waals surface area contributed by atoms with Crippen LogP contribution in [0.25, 0.3) is 10.8 Å². The summed E-state index contributed by atoms with van der Waals surface area (Å²) in [6, 6.07) is 9.98. The molecule has 0 aliphatic rings. The summed E-state index contributed by atoms with van der Waals surface area (Å²) in [6.07, 6.45) is 0. The van der Waals surface area contributed by atoms with Crippen molar-refractivity contribution in [2.24, 2.45) is 0 Å². The van der Waals surface area contributed by atoms with Crippen LogP contribution in [0.15, 0.2) is 30.3 Å². The van der Waals surface area contributed by atoms with E-state index in [0.29, 0.717) is 0 Å². The van der Waals surface area contributed by atoms with Gasteiger partial charge in [0.15, 0.2) is 0 Å². The Morgan fingerprint density at radius 3 is 2.85 bits per heavy atom. The molecule has 2 rings (SSSR count). The highest BCUT2D eigenvalue weighted by Crippen LogP contribution is 2.17. The Labute approximate surface area is 76.9 Å². The Morgan fingerprint density at radius 2 is 2.08 bits per heavy atom. The van der Waals surface area contributed by atoms with Crippen LogP contribution in [0.1, 0.15) is 11.4 Å². The molecule has 0 unspecified atom stereocenters. The van der Waals surface area contributed by atoms with Crippen LogP contribution in [0, 0.1) is 6.92 Å². The molecule has 1 aromatic carbocycles. The van der Waals surface area contributed by atoms with Gasteiger partial charge in [0.05, 0.1) is 12.3 Å². The standard InChI is InChI=1S/C11H11NO/c1-8-11-5-3-2-4-9(11)6-10(7-13)12-8/h2-6,13H,7H2,1H3. The van der Waals surface area contributed by atoms with Crippen molar-refractivity contribution in [2.75, 3.05) is 0 Å². The molecule has 0 spiro atoms. The number of aryl methyl sites for hydroxylation is 1. The topological polar surface area (TPSA) is 33.1 Å². The van der Waals surface area contributed by atoms with E-state index in [1.54, 1.807) is 0 Å². The molecule has 0 aliphatic carbocycles. The van der Waals surface area contributed by atoms with E-state index in [2.05, 4.69) is 4.98 Å². The van der Waals surface area contributed by atoms with Crippen LogP contribution in [-0.4, -0.2) is 10.1 Å². The largest absolute Gasteiger partial charge is 0.390 e. The van der Waals surface area contributed by atoms with Gasteiger partial charge in [-0.3, -0.25) is 4.98 Å². The highest BCUT2D eigenvalue weighted by atomic mass is 16.3. The molecule has 0 amide bonds. The molecule has 1 N–H and O–H groups in total. The fourth-order valence-electron chi connectivity index (χ4n) is 1.52. The Bertz CT molecular complexity index is 437. The van der Waals surface area contributed by atoms with Gasteiger partial charge in [-0.15, -0.1) is 0 Å². The number of aromatic nitrogens is 1. The van der Waals surface area contributed by atoms with Crippen molar-refractivity contribution in [1.29, 1.82) is 0 Å². The summed E-state index contributed by atoms with van der Waals surface area (Å²) in [5, 5.41) is 11.2. The molecule has 0 saturated heterocycles. The van der Waals surface area contributed by atoms with Crippen LogP contribution in [0.4, 0.5) is 0 Å². The van der Waals surface area contributed by atoms with Crippen LogP contribution in [0.3, 0.4) is 0 Å². The fraction of sp³-hybridized carbons (Fsp3) is 0.182. The minimum absolute atomic E-state index is 0.00563. The molecule has 0 saturated carbocycles. The summed E-state index contributed by atoms with van der Waals surface area (Å²) in [5.41, 5.74) is 1.71. The zero-order valence-electron chi connectivity index (χ0n) is 7.49. The van der Waals surface area contributed by atoms with Crippen molar-refractivity contribution in [2.45, 2.75) is 13.5 Å². The second kappa shape index (κ2) is 3.15. The van der Waals surface area contributed by atoms with Gasteiger partial charge in [-0.1, -0.05) is 24.3 Å². The molecule has 2 heteroatoms. The molecular formula is C11H11NO. The van der Waals surface area contributed by atoms with Crippen molar-refractivity contribution in [3.8, 4) is 0 Å². The maximum Gasteiger partial charge on any atom is 0.0853 e. The summed E-state index contributed by atoms with van der Waals surface area (Å²) in [4.78, 5) is 4.27. The molecule has 2 aromatic rings. The van der Waals surface area contributed by atoms with Crippen molar-refractivity contribution in [3.63, 3.8) is 0 Å². The maximum absolute atomic E-state index is 8.96. The average Bonchev–Trinajstić information content (AvgIpc) is 2.18. The zero-order chi connectivity index (χ0) is 9.26. The van der Waals surface area contributed by atoms with E-state index in [0.717, 1.165) is 22.2 Å².